The molecule has 0 spiro atoms. The van der Waals surface area contributed by atoms with Gasteiger partial charge in [0.25, 0.3) is 0 Å². The molecule has 0 amide bonds. The van der Waals surface area contributed by atoms with Crippen LogP contribution in [-0.2, 0) is 4.79 Å². The van der Waals surface area contributed by atoms with Gasteiger partial charge in [-0.25, -0.2) is 0 Å². The normalized spacial score (nSPS) is 33.9. The molecule has 1 saturated heterocycles. The first kappa shape index (κ1) is 12.8. The monoisotopic (exact) mass is 240 g/mol. The van der Waals surface area contributed by atoms with Crippen LogP contribution in [-0.4, -0.2) is 61.2 Å². The second-order valence-corrected chi connectivity index (χ2v) is 5.93. The maximum atomic E-state index is 10.8. The lowest BCUT2D eigenvalue weighted by atomic mass is 9.98. The summed E-state index contributed by atoms with van der Waals surface area (Å²) in [6, 6.07) is 0. The second-order valence-electron chi connectivity index (χ2n) is 5.93. The number of carboxylic acids is 1. The molecule has 4 heteroatoms. The van der Waals surface area contributed by atoms with Crippen molar-refractivity contribution in [2.45, 2.75) is 19.3 Å². The maximum Gasteiger partial charge on any atom is 0.306 e. The first-order chi connectivity index (χ1) is 8.06. The number of likely N-dealkylation sites (tertiary alicyclic amines) is 1. The molecule has 1 aliphatic carbocycles. The number of piperidine rings is 1. The van der Waals surface area contributed by atoms with Crippen LogP contribution >= 0.6 is 0 Å². The predicted molar refractivity (Wildman–Crippen MR) is 67.0 cm³/mol. The summed E-state index contributed by atoms with van der Waals surface area (Å²) in [7, 11) is 4.32. The standard InChI is InChI=1S/C13H24N2O2/c1-14-5-3-4-10(7-14)8-15(2)9-11-6-12(11)13(16)17/h10-12H,3-9H2,1-2H3,(H,16,17). The van der Waals surface area contributed by atoms with Crippen molar-refractivity contribution in [1.29, 1.82) is 0 Å². The maximum absolute atomic E-state index is 10.8. The first-order valence-electron chi connectivity index (χ1n) is 6.66. The van der Waals surface area contributed by atoms with Gasteiger partial charge >= 0.3 is 5.97 Å². The highest BCUT2D eigenvalue weighted by Crippen LogP contribution is 2.39. The third-order valence-electron chi connectivity index (χ3n) is 4.08. The highest BCUT2D eigenvalue weighted by molar-refractivity contribution is 5.73. The largest absolute Gasteiger partial charge is 0.481 e. The number of carboxylic acid groups (broad SMARTS) is 1. The molecule has 1 aliphatic heterocycles. The molecule has 3 unspecified atom stereocenters. The molecule has 2 rings (SSSR count). The zero-order valence-electron chi connectivity index (χ0n) is 10.9. The Balaban J connectivity index is 1.67. The summed E-state index contributed by atoms with van der Waals surface area (Å²) < 4.78 is 0. The van der Waals surface area contributed by atoms with Crippen molar-refractivity contribution in [2.24, 2.45) is 17.8 Å². The average molecular weight is 240 g/mol. The third kappa shape index (κ3) is 3.68. The lowest BCUT2D eigenvalue weighted by Gasteiger charge is -2.32. The van der Waals surface area contributed by atoms with Gasteiger partial charge in [0.1, 0.15) is 0 Å². The van der Waals surface area contributed by atoms with Crippen LogP contribution in [0.4, 0.5) is 0 Å². The molecule has 17 heavy (non-hydrogen) atoms. The summed E-state index contributed by atoms with van der Waals surface area (Å²) in [4.78, 5) is 15.5. The van der Waals surface area contributed by atoms with Gasteiger partial charge in [-0.1, -0.05) is 0 Å². The van der Waals surface area contributed by atoms with E-state index in [-0.39, 0.29) is 5.92 Å². The summed E-state index contributed by atoms with van der Waals surface area (Å²) in [6.45, 7) is 4.49. The summed E-state index contributed by atoms with van der Waals surface area (Å²) in [5.41, 5.74) is 0. The summed E-state index contributed by atoms with van der Waals surface area (Å²) >= 11 is 0. The number of carbonyl (C=O) groups is 1. The topological polar surface area (TPSA) is 43.8 Å². The van der Waals surface area contributed by atoms with Crippen LogP contribution in [0.1, 0.15) is 19.3 Å². The fourth-order valence-electron chi connectivity index (χ4n) is 3.09. The molecule has 0 aromatic carbocycles. The smallest absolute Gasteiger partial charge is 0.306 e. The van der Waals surface area contributed by atoms with Crippen LogP contribution < -0.4 is 0 Å². The highest BCUT2D eigenvalue weighted by Gasteiger charge is 2.43. The van der Waals surface area contributed by atoms with Crippen molar-refractivity contribution >= 4 is 5.97 Å². The molecule has 2 fully saturated rings. The lowest BCUT2D eigenvalue weighted by molar-refractivity contribution is -0.138. The molecule has 1 N–H and O–H groups in total. The van der Waals surface area contributed by atoms with E-state index in [0.29, 0.717) is 5.92 Å². The summed E-state index contributed by atoms with van der Waals surface area (Å²) in [5.74, 6) is 0.492. The fourth-order valence-corrected chi connectivity index (χ4v) is 3.09. The summed E-state index contributed by atoms with van der Waals surface area (Å²) in [5, 5.41) is 8.87. The van der Waals surface area contributed by atoms with Gasteiger partial charge in [0.15, 0.2) is 0 Å². The Morgan fingerprint density at radius 3 is 2.82 bits per heavy atom. The molecule has 0 aromatic heterocycles. The molecule has 3 atom stereocenters. The van der Waals surface area contributed by atoms with Gasteiger partial charge in [0.05, 0.1) is 5.92 Å². The number of aliphatic carboxylic acids is 1. The predicted octanol–water partition coefficient (Wildman–Crippen LogP) is 0.981. The quantitative estimate of drug-likeness (QED) is 0.778. The highest BCUT2D eigenvalue weighted by atomic mass is 16.4. The van der Waals surface area contributed by atoms with E-state index in [0.717, 1.165) is 25.4 Å². The Hall–Kier alpha value is -0.610. The van der Waals surface area contributed by atoms with Gasteiger partial charge in [0.2, 0.25) is 0 Å². The van der Waals surface area contributed by atoms with Crippen LogP contribution in [0.5, 0.6) is 0 Å². The van der Waals surface area contributed by atoms with Gasteiger partial charge in [0, 0.05) is 19.6 Å². The minimum Gasteiger partial charge on any atom is -0.481 e. The Morgan fingerprint density at radius 1 is 1.47 bits per heavy atom. The van der Waals surface area contributed by atoms with E-state index in [1.807, 2.05) is 0 Å². The SMILES string of the molecule is CN1CCCC(CN(C)CC2CC2C(=O)O)C1. The van der Waals surface area contributed by atoms with Crippen LogP contribution in [0, 0.1) is 17.8 Å². The zero-order valence-corrected chi connectivity index (χ0v) is 10.9. The van der Waals surface area contributed by atoms with E-state index >= 15 is 0 Å². The molecule has 4 nitrogen and oxygen atoms in total. The van der Waals surface area contributed by atoms with Gasteiger partial charge < -0.3 is 14.9 Å². The number of hydrogen-bond donors (Lipinski definition) is 1. The Labute approximate surface area is 104 Å². The Kier molecular flexibility index (Phi) is 4.05. The van der Waals surface area contributed by atoms with Gasteiger partial charge in [-0.15, -0.1) is 0 Å². The fraction of sp³-hybridized carbons (Fsp3) is 0.923. The molecule has 0 aromatic rings. The van der Waals surface area contributed by atoms with Crippen molar-refractivity contribution in [3.05, 3.63) is 0 Å². The van der Waals surface area contributed by atoms with E-state index in [9.17, 15) is 4.79 Å². The zero-order chi connectivity index (χ0) is 12.4. The number of hydrogen-bond acceptors (Lipinski definition) is 3. The first-order valence-corrected chi connectivity index (χ1v) is 6.66. The lowest BCUT2D eigenvalue weighted by Crippen LogP contribution is -2.38. The molecular weight excluding hydrogens is 216 g/mol. The molecular formula is C13H24N2O2. The van der Waals surface area contributed by atoms with E-state index in [1.165, 1.54) is 25.9 Å². The van der Waals surface area contributed by atoms with Crippen LogP contribution in [0.15, 0.2) is 0 Å². The van der Waals surface area contributed by atoms with Crippen LogP contribution in [0.2, 0.25) is 0 Å². The van der Waals surface area contributed by atoms with Crippen molar-refractivity contribution in [1.82, 2.24) is 9.80 Å². The van der Waals surface area contributed by atoms with E-state index in [4.69, 9.17) is 5.11 Å². The Bertz CT molecular complexity index is 283. The third-order valence-corrected chi connectivity index (χ3v) is 4.08. The average Bonchev–Trinajstić information content (AvgIpc) is 2.96. The Morgan fingerprint density at radius 2 is 2.24 bits per heavy atom. The number of rotatable bonds is 5. The molecule has 1 heterocycles. The van der Waals surface area contributed by atoms with Gasteiger partial charge in [-0.3, -0.25) is 4.79 Å². The molecule has 0 radical (unpaired) electrons. The van der Waals surface area contributed by atoms with Crippen molar-refractivity contribution in [2.75, 3.05) is 40.3 Å². The van der Waals surface area contributed by atoms with Crippen LogP contribution in [0.25, 0.3) is 0 Å². The minimum atomic E-state index is -0.610. The van der Waals surface area contributed by atoms with E-state index in [2.05, 4.69) is 23.9 Å². The van der Waals surface area contributed by atoms with E-state index in [1.54, 1.807) is 0 Å². The molecule has 2 aliphatic rings. The van der Waals surface area contributed by atoms with Crippen molar-refractivity contribution in [3.8, 4) is 0 Å². The summed E-state index contributed by atoms with van der Waals surface area (Å²) in [6.07, 6.45) is 3.50. The van der Waals surface area contributed by atoms with Crippen molar-refractivity contribution in [3.63, 3.8) is 0 Å². The van der Waals surface area contributed by atoms with Gasteiger partial charge in [-0.05, 0) is 51.7 Å². The minimum absolute atomic E-state index is 0.0634. The molecule has 0 bridgehead atoms. The molecule has 98 valence electrons. The van der Waals surface area contributed by atoms with E-state index < -0.39 is 5.97 Å². The number of nitrogens with zero attached hydrogens (tertiary/aromatic N) is 2. The van der Waals surface area contributed by atoms with Gasteiger partial charge in [-0.2, -0.15) is 0 Å². The van der Waals surface area contributed by atoms with Crippen LogP contribution in [0.3, 0.4) is 0 Å². The molecule has 1 saturated carbocycles. The second kappa shape index (κ2) is 5.36. The van der Waals surface area contributed by atoms with Crippen molar-refractivity contribution < 1.29 is 9.90 Å².